The molecular formula is C16H20N2O3S. The summed E-state index contributed by atoms with van der Waals surface area (Å²) < 4.78 is 0. The highest BCUT2D eigenvalue weighted by Gasteiger charge is 2.48. The second-order valence-corrected chi connectivity index (χ2v) is 6.97. The highest BCUT2D eigenvalue weighted by molar-refractivity contribution is 7.09. The van der Waals surface area contributed by atoms with Gasteiger partial charge in [-0.25, -0.2) is 0 Å². The number of thiophene rings is 1. The number of hydrogen-bond acceptors (Lipinski definition) is 4. The van der Waals surface area contributed by atoms with Gasteiger partial charge in [-0.15, -0.1) is 11.3 Å². The van der Waals surface area contributed by atoms with E-state index in [0.717, 1.165) is 32.1 Å². The minimum atomic E-state index is -0.253. The monoisotopic (exact) mass is 320 g/mol. The lowest BCUT2D eigenvalue weighted by Gasteiger charge is -2.19. The Balaban J connectivity index is 1.50. The summed E-state index contributed by atoms with van der Waals surface area (Å²) in [6, 6.07) is 4.00. The molecule has 0 spiro atoms. The van der Waals surface area contributed by atoms with Gasteiger partial charge in [-0.2, -0.15) is 0 Å². The fourth-order valence-electron chi connectivity index (χ4n) is 3.37. The Labute approximate surface area is 133 Å². The molecule has 1 aromatic heterocycles. The molecule has 1 saturated carbocycles. The minimum absolute atomic E-state index is 0.130. The molecule has 3 amide bonds. The van der Waals surface area contributed by atoms with E-state index in [1.54, 1.807) is 11.3 Å². The van der Waals surface area contributed by atoms with Gasteiger partial charge in [-0.1, -0.05) is 18.9 Å². The third-order valence-electron chi connectivity index (χ3n) is 4.51. The van der Waals surface area contributed by atoms with Gasteiger partial charge in [0.2, 0.25) is 17.7 Å². The predicted octanol–water partition coefficient (Wildman–Crippen LogP) is 1.58. The number of hydrogen-bond donors (Lipinski definition) is 1. The Kier molecular flexibility index (Phi) is 4.57. The van der Waals surface area contributed by atoms with Crippen molar-refractivity contribution in [2.24, 2.45) is 11.8 Å². The van der Waals surface area contributed by atoms with E-state index in [1.165, 1.54) is 9.78 Å². The summed E-state index contributed by atoms with van der Waals surface area (Å²) in [5, 5.41) is 4.79. The standard InChI is InChI=1S/C16H20N2O3S/c19-14(17-8-7-11-4-3-9-22-11)10-18-15(20)12-5-1-2-6-13(12)16(18)21/h3-4,9,12-13H,1-2,5-8,10H2,(H,17,19)/t12-,13-/m1/s1. The summed E-state index contributed by atoms with van der Waals surface area (Å²) in [5.41, 5.74) is 0. The normalized spacial score (nSPS) is 24.5. The van der Waals surface area contributed by atoms with Crippen molar-refractivity contribution < 1.29 is 14.4 Å². The molecule has 2 fully saturated rings. The Bertz CT molecular complexity index is 546. The van der Waals surface area contributed by atoms with Crippen molar-refractivity contribution in [3.63, 3.8) is 0 Å². The first-order valence-electron chi connectivity index (χ1n) is 7.81. The maximum Gasteiger partial charge on any atom is 0.240 e. The lowest BCUT2D eigenvalue weighted by Crippen LogP contribution is -2.41. The van der Waals surface area contributed by atoms with Crippen LogP contribution in [0.3, 0.4) is 0 Å². The Hall–Kier alpha value is -1.69. The number of nitrogens with zero attached hydrogens (tertiary/aromatic N) is 1. The minimum Gasteiger partial charge on any atom is -0.354 e. The Morgan fingerprint density at radius 3 is 2.50 bits per heavy atom. The number of carbonyl (C=O) groups is 3. The highest BCUT2D eigenvalue weighted by atomic mass is 32.1. The van der Waals surface area contributed by atoms with Crippen LogP contribution in [0.2, 0.25) is 0 Å². The zero-order chi connectivity index (χ0) is 15.5. The van der Waals surface area contributed by atoms with E-state index in [-0.39, 0.29) is 36.1 Å². The van der Waals surface area contributed by atoms with E-state index < -0.39 is 0 Å². The average Bonchev–Trinajstić information content (AvgIpc) is 3.11. The first kappa shape index (κ1) is 15.2. The maximum absolute atomic E-state index is 12.3. The van der Waals surface area contributed by atoms with Crippen LogP contribution in [0.15, 0.2) is 17.5 Å². The molecule has 22 heavy (non-hydrogen) atoms. The molecular weight excluding hydrogens is 300 g/mol. The fraction of sp³-hybridized carbons (Fsp3) is 0.562. The molecule has 0 bridgehead atoms. The zero-order valence-electron chi connectivity index (χ0n) is 12.4. The molecule has 0 unspecified atom stereocenters. The van der Waals surface area contributed by atoms with Crippen molar-refractivity contribution >= 4 is 29.1 Å². The molecule has 2 aliphatic rings. The van der Waals surface area contributed by atoms with Crippen molar-refractivity contribution in [1.82, 2.24) is 10.2 Å². The van der Waals surface area contributed by atoms with Crippen molar-refractivity contribution in [1.29, 1.82) is 0 Å². The summed E-state index contributed by atoms with van der Waals surface area (Å²) in [7, 11) is 0. The van der Waals surface area contributed by atoms with Gasteiger partial charge in [0.15, 0.2) is 0 Å². The molecule has 118 valence electrons. The van der Waals surface area contributed by atoms with Crippen molar-refractivity contribution in [2.75, 3.05) is 13.1 Å². The molecule has 3 rings (SSSR count). The number of carbonyl (C=O) groups excluding carboxylic acids is 3. The molecule has 1 aliphatic carbocycles. The molecule has 2 heterocycles. The maximum atomic E-state index is 12.3. The SMILES string of the molecule is O=C(CN1C(=O)[C@@H]2CCCC[C@H]2C1=O)NCCc1cccs1. The second kappa shape index (κ2) is 6.60. The molecule has 1 aromatic rings. The molecule has 6 heteroatoms. The highest BCUT2D eigenvalue weighted by Crippen LogP contribution is 2.37. The third-order valence-corrected chi connectivity index (χ3v) is 5.44. The van der Waals surface area contributed by atoms with Gasteiger partial charge in [0, 0.05) is 11.4 Å². The molecule has 1 saturated heterocycles. The third kappa shape index (κ3) is 3.06. The zero-order valence-corrected chi connectivity index (χ0v) is 13.2. The number of fused-ring (bicyclic) bond motifs is 1. The van der Waals surface area contributed by atoms with Gasteiger partial charge in [-0.3, -0.25) is 19.3 Å². The van der Waals surface area contributed by atoms with Crippen LogP contribution >= 0.6 is 11.3 Å². The van der Waals surface area contributed by atoms with Crippen LogP contribution in [0.4, 0.5) is 0 Å². The Morgan fingerprint density at radius 1 is 1.23 bits per heavy atom. The van der Waals surface area contributed by atoms with Crippen LogP contribution < -0.4 is 5.32 Å². The quantitative estimate of drug-likeness (QED) is 0.838. The van der Waals surface area contributed by atoms with Gasteiger partial charge in [0.05, 0.1) is 11.8 Å². The summed E-state index contributed by atoms with van der Waals surface area (Å²) in [4.78, 5) is 38.9. The lowest BCUT2D eigenvalue weighted by molar-refractivity contribution is -0.143. The van der Waals surface area contributed by atoms with Crippen molar-refractivity contribution in [3.05, 3.63) is 22.4 Å². The van der Waals surface area contributed by atoms with Gasteiger partial charge >= 0.3 is 0 Å². The van der Waals surface area contributed by atoms with Crippen LogP contribution in [0.25, 0.3) is 0 Å². The van der Waals surface area contributed by atoms with Gasteiger partial charge in [-0.05, 0) is 30.7 Å². The average molecular weight is 320 g/mol. The largest absolute Gasteiger partial charge is 0.354 e. The van der Waals surface area contributed by atoms with Crippen LogP contribution in [0, 0.1) is 11.8 Å². The predicted molar refractivity (Wildman–Crippen MR) is 83.2 cm³/mol. The smallest absolute Gasteiger partial charge is 0.240 e. The first-order chi connectivity index (χ1) is 10.7. The summed E-state index contributed by atoms with van der Waals surface area (Å²) in [6.07, 6.45) is 4.34. The summed E-state index contributed by atoms with van der Waals surface area (Å²) in [6.45, 7) is 0.400. The number of amides is 3. The topological polar surface area (TPSA) is 66.5 Å². The number of imide groups is 1. The van der Waals surface area contributed by atoms with Gasteiger partial charge < -0.3 is 5.32 Å². The molecule has 1 aliphatic heterocycles. The van der Waals surface area contributed by atoms with Crippen molar-refractivity contribution in [3.8, 4) is 0 Å². The summed E-state index contributed by atoms with van der Waals surface area (Å²) in [5.74, 6) is -0.913. The van der Waals surface area contributed by atoms with Gasteiger partial charge in [0.25, 0.3) is 0 Å². The Morgan fingerprint density at radius 2 is 1.91 bits per heavy atom. The van der Waals surface area contributed by atoms with Crippen LogP contribution in [0.5, 0.6) is 0 Å². The first-order valence-corrected chi connectivity index (χ1v) is 8.69. The second-order valence-electron chi connectivity index (χ2n) is 5.94. The van der Waals surface area contributed by atoms with E-state index in [4.69, 9.17) is 0 Å². The van der Waals surface area contributed by atoms with E-state index in [1.807, 2.05) is 17.5 Å². The number of rotatable bonds is 5. The number of nitrogens with one attached hydrogen (secondary N) is 1. The molecule has 2 atom stereocenters. The van der Waals surface area contributed by atoms with Crippen LogP contribution in [-0.2, 0) is 20.8 Å². The number of likely N-dealkylation sites (tertiary alicyclic amines) is 1. The fourth-order valence-corrected chi connectivity index (χ4v) is 4.08. The molecule has 0 aromatic carbocycles. The van der Waals surface area contributed by atoms with Crippen LogP contribution in [-0.4, -0.2) is 35.7 Å². The molecule has 5 nitrogen and oxygen atoms in total. The molecule has 0 radical (unpaired) electrons. The van der Waals surface area contributed by atoms with E-state index in [0.29, 0.717) is 6.54 Å². The van der Waals surface area contributed by atoms with E-state index in [9.17, 15) is 14.4 Å². The van der Waals surface area contributed by atoms with Gasteiger partial charge in [0.1, 0.15) is 6.54 Å². The van der Waals surface area contributed by atoms with E-state index in [2.05, 4.69) is 5.32 Å². The van der Waals surface area contributed by atoms with Crippen LogP contribution in [0.1, 0.15) is 30.6 Å². The van der Waals surface area contributed by atoms with Crippen molar-refractivity contribution in [2.45, 2.75) is 32.1 Å². The molecule has 1 N–H and O–H groups in total. The lowest BCUT2D eigenvalue weighted by atomic mass is 9.81. The summed E-state index contributed by atoms with van der Waals surface area (Å²) >= 11 is 1.65. The van der Waals surface area contributed by atoms with E-state index >= 15 is 0 Å².